The zero-order valence-electron chi connectivity index (χ0n) is 21.4. The van der Waals surface area contributed by atoms with Crippen molar-refractivity contribution in [3.8, 4) is 0 Å². The highest BCUT2D eigenvalue weighted by Gasteiger charge is 2.36. The van der Waals surface area contributed by atoms with Crippen molar-refractivity contribution in [2.45, 2.75) is 103 Å². The van der Waals surface area contributed by atoms with Gasteiger partial charge in [-0.15, -0.1) is 0 Å². The van der Waals surface area contributed by atoms with Crippen LogP contribution in [0.4, 0.5) is 0 Å². The van der Waals surface area contributed by atoms with E-state index in [-0.39, 0.29) is 24.5 Å². The molecule has 1 aliphatic carbocycles. The van der Waals surface area contributed by atoms with Crippen LogP contribution in [0.1, 0.15) is 83.6 Å². The van der Waals surface area contributed by atoms with Gasteiger partial charge in [0.25, 0.3) is 0 Å². The number of rotatable bonds is 11. The first-order valence-corrected chi connectivity index (χ1v) is 13.4. The molecule has 1 aliphatic heterocycles. The van der Waals surface area contributed by atoms with Crippen molar-refractivity contribution in [3.05, 3.63) is 35.9 Å². The van der Waals surface area contributed by atoms with Crippen molar-refractivity contribution < 1.29 is 23.9 Å². The molecule has 3 rings (SSSR count). The molecule has 0 aromatic heterocycles. The van der Waals surface area contributed by atoms with E-state index >= 15 is 0 Å². The average molecular weight is 487 g/mol. The molecular formula is C28H42N2O5. The molecule has 3 atom stereocenters. The van der Waals surface area contributed by atoms with Gasteiger partial charge in [0, 0.05) is 6.54 Å². The van der Waals surface area contributed by atoms with E-state index in [1.165, 1.54) is 32.1 Å². The van der Waals surface area contributed by atoms with Crippen molar-refractivity contribution in [1.82, 2.24) is 10.2 Å². The van der Waals surface area contributed by atoms with Crippen molar-refractivity contribution >= 4 is 17.8 Å². The first-order chi connectivity index (χ1) is 17.0. The SMILES string of the molecule is CCOC(=O)C(CCC1CCCCC1)N[C@@H](C)C(=O)N1CCCC[C@H]1C(=O)OCc1ccccc1. The number of nitrogens with zero attached hydrogens (tertiary/aromatic N) is 1. The number of nitrogens with one attached hydrogen (secondary N) is 1. The highest BCUT2D eigenvalue weighted by molar-refractivity contribution is 5.88. The van der Waals surface area contributed by atoms with E-state index in [0.29, 0.717) is 31.9 Å². The molecule has 194 valence electrons. The Balaban J connectivity index is 1.58. The number of piperidine rings is 1. The molecule has 0 radical (unpaired) electrons. The monoisotopic (exact) mass is 486 g/mol. The van der Waals surface area contributed by atoms with Gasteiger partial charge in [-0.05, 0) is 57.4 Å². The molecule has 1 aromatic rings. The van der Waals surface area contributed by atoms with E-state index in [4.69, 9.17) is 9.47 Å². The number of amides is 1. The van der Waals surface area contributed by atoms with Crippen LogP contribution in [0.2, 0.25) is 0 Å². The maximum atomic E-state index is 13.4. The van der Waals surface area contributed by atoms with E-state index in [2.05, 4.69) is 5.32 Å². The lowest BCUT2D eigenvalue weighted by Gasteiger charge is -2.36. The molecule has 7 heteroatoms. The van der Waals surface area contributed by atoms with Gasteiger partial charge in [-0.1, -0.05) is 62.4 Å². The quantitative estimate of drug-likeness (QED) is 0.467. The Labute approximate surface area is 209 Å². The van der Waals surface area contributed by atoms with Crippen LogP contribution < -0.4 is 5.32 Å². The number of esters is 2. The van der Waals surface area contributed by atoms with Crippen molar-refractivity contribution in [3.63, 3.8) is 0 Å². The Morgan fingerprint density at radius 1 is 1.00 bits per heavy atom. The summed E-state index contributed by atoms with van der Waals surface area (Å²) >= 11 is 0. The molecule has 2 fully saturated rings. The predicted octanol–water partition coefficient (Wildman–Crippen LogP) is 4.38. The van der Waals surface area contributed by atoms with Gasteiger partial charge in [0.05, 0.1) is 12.6 Å². The molecular weight excluding hydrogens is 444 g/mol. The lowest BCUT2D eigenvalue weighted by molar-refractivity contribution is -0.159. The molecule has 1 amide bonds. The molecule has 1 aromatic carbocycles. The second-order valence-corrected chi connectivity index (χ2v) is 9.91. The van der Waals surface area contributed by atoms with Gasteiger partial charge in [0.2, 0.25) is 5.91 Å². The Kier molecular flexibility index (Phi) is 11.0. The zero-order chi connectivity index (χ0) is 25.0. The van der Waals surface area contributed by atoms with Crippen LogP contribution in [-0.2, 0) is 30.5 Å². The molecule has 1 saturated heterocycles. The summed E-state index contributed by atoms with van der Waals surface area (Å²) in [6.07, 6.45) is 10.2. The van der Waals surface area contributed by atoms with Gasteiger partial charge in [0.1, 0.15) is 18.7 Å². The van der Waals surface area contributed by atoms with Gasteiger partial charge in [-0.25, -0.2) is 4.79 Å². The molecule has 35 heavy (non-hydrogen) atoms. The van der Waals surface area contributed by atoms with E-state index in [9.17, 15) is 14.4 Å². The molecule has 0 bridgehead atoms. The summed E-state index contributed by atoms with van der Waals surface area (Å²) in [6, 6.07) is 7.83. The van der Waals surface area contributed by atoms with Crippen LogP contribution in [0.3, 0.4) is 0 Å². The predicted molar refractivity (Wildman–Crippen MR) is 134 cm³/mol. The van der Waals surface area contributed by atoms with Gasteiger partial charge in [0.15, 0.2) is 0 Å². The van der Waals surface area contributed by atoms with Crippen LogP contribution in [0.15, 0.2) is 30.3 Å². The largest absolute Gasteiger partial charge is 0.465 e. The average Bonchev–Trinajstić information content (AvgIpc) is 2.90. The minimum absolute atomic E-state index is 0.168. The van der Waals surface area contributed by atoms with E-state index in [1.807, 2.05) is 30.3 Å². The van der Waals surface area contributed by atoms with Crippen molar-refractivity contribution in [2.24, 2.45) is 5.92 Å². The van der Waals surface area contributed by atoms with Gasteiger partial charge in [-0.2, -0.15) is 0 Å². The van der Waals surface area contributed by atoms with Crippen LogP contribution in [0, 0.1) is 5.92 Å². The van der Waals surface area contributed by atoms with Crippen LogP contribution >= 0.6 is 0 Å². The number of carbonyl (C=O) groups is 3. The number of ether oxygens (including phenoxy) is 2. The van der Waals surface area contributed by atoms with Crippen LogP contribution in [-0.4, -0.2) is 54.0 Å². The molecule has 1 heterocycles. The minimum Gasteiger partial charge on any atom is -0.465 e. The van der Waals surface area contributed by atoms with E-state index in [1.54, 1.807) is 18.7 Å². The fourth-order valence-electron chi connectivity index (χ4n) is 5.28. The first kappa shape index (κ1) is 27.2. The lowest BCUT2D eigenvalue weighted by Crippen LogP contribution is -2.56. The Bertz CT molecular complexity index is 809. The maximum absolute atomic E-state index is 13.4. The molecule has 2 aliphatic rings. The topological polar surface area (TPSA) is 84.9 Å². The second kappa shape index (κ2) is 14.2. The highest BCUT2D eigenvalue weighted by Crippen LogP contribution is 2.28. The lowest BCUT2D eigenvalue weighted by atomic mass is 9.85. The summed E-state index contributed by atoms with van der Waals surface area (Å²) in [5, 5.41) is 3.24. The van der Waals surface area contributed by atoms with Gasteiger partial charge in [-0.3, -0.25) is 14.9 Å². The third-order valence-corrected chi connectivity index (χ3v) is 7.26. The standard InChI is InChI=1S/C28H42N2O5/c1-3-34-27(32)24(18-17-22-12-6-4-7-13-22)29-21(2)26(31)30-19-11-10-16-25(30)28(33)35-20-23-14-8-5-9-15-23/h5,8-9,14-15,21-22,24-25,29H,3-4,6-7,10-13,16-20H2,1-2H3/t21-,24?,25-/m0/s1. The number of carbonyl (C=O) groups excluding carboxylic acids is 3. The maximum Gasteiger partial charge on any atom is 0.329 e. The number of likely N-dealkylation sites (tertiary alicyclic amines) is 1. The fourth-order valence-corrected chi connectivity index (χ4v) is 5.28. The Morgan fingerprint density at radius 2 is 1.71 bits per heavy atom. The number of benzene rings is 1. The second-order valence-electron chi connectivity index (χ2n) is 9.91. The number of hydrogen-bond donors (Lipinski definition) is 1. The summed E-state index contributed by atoms with van der Waals surface area (Å²) in [5.41, 5.74) is 0.916. The van der Waals surface area contributed by atoms with Crippen LogP contribution in [0.25, 0.3) is 0 Å². The summed E-state index contributed by atoms with van der Waals surface area (Å²) in [6.45, 7) is 4.59. The summed E-state index contributed by atoms with van der Waals surface area (Å²) in [5.74, 6) is -0.202. The number of hydrogen-bond acceptors (Lipinski definition) is 6. The Morgan fingerprint density at radius 3 is 2.43 bits per heavy atom. The molecule has 0 spiro atoms. The van der Waals surface area contributed by atoms with Crippen molar-refractivity contribution in [1.29, 1.82) is 0 Å². The smallest absolute Gasteiger partial charge is 0.329 e. The first-order valence-electron chi connectivity index (χ1n) is 13.4. The van der Waals surface area contributed by atoms with E-state index < -0.39 is 18.1 Å². The normalized spacial score (nSPS) is 20.6. The van der Waals surface area contributed by atoms with E-state index in [0.717, 1.165) is 24.8 Å². The summed E-state index contributed by atoms with van der Waals surface area (Å²) in [7, 11) is 0. The van der Waals surface area contributed by atoms with Gasteiger partial charge >= 0.3 is 11.9 Å². The third kappa shape index (κ3) is 8.34. The highest BCUT2D eigenvalue weighted by atomic mass is 16.5. The summed E-state index contributed by atoms with van der Waals surface area (Å²) in [4.78, 5) is 40.6. The molecule has 7 nitrogen and oxygen atoms in total. The zero-order valence-corrected chi connectivity index (χ0v) is 21.4. The minimum atomic E-state index is -0.599. The van der Waals surface area contributed by atoms with Gasteiger partial charge < -0.3 is 14.4 Å². The fraction of sp³-hybridized carbons (Fsp3) is 0.679. The Hall–Kier alpha value is -2.41. The summed E-state index contributed by atoms with van der Waals surface area (Å²) < 4.78 is 10.9. The third-order valence-electron chi connectivity index (χ3n) is 7.26. The van der Waals surface area contributed by atoms with Crippen molar-refractivity contribution in [2.75, 3.05) is 13.2 Å². The van der Waals surface area contributed by atoms with Crippen LogP contribution in [0.5, 0.6) is 0 Å². The molecule has 1 saturated carbocycles. The molecule has 1 unspecified atom stereocenters. The molecule has 1 N–H and O–H groups in total.